The van der Waals surface area contributed by atoms with Gasteiger partial charge in [0.05, 0.1) is 6.20 Å². The van der Waals surface area contributed by atoms with Gasteiger partial charge in [-0.2, -0.15) is 0 Å². The molecule has 0 aliphatic rings. The van der Waals surface area contributed by atoms with E-state index in [2.05, 4.69) is 27.8 Å². The van der Waals surface area contributed by atoms with Crippen LogP contribution in [0.25, 0.3) is 0 Å². The number of hydrogen-bond acceptors (Lipinski definition) is 3. The van der Waals surface area contributed by atoms with Gasteiger partial charge in [-0.05, 0) is 37.1 Å². The molecule has 18 heavy (non-hydrogen) atoms. The molecule has 2 rings (SSSR count). The van der Waals surface area contributed by atoms with E-state index in [0.29, 0.717) is 0 Å². The van der Waals surface area contributed by atoms with Gasteiger partial charge in [-0.1, -0.05) is 28.9 Å². The molecule has 1 aromatic heterocycles. The Morgan fingerprint density at radius 3 is 3.00 bits per heavy atom. The molecule has 0 bridgehead atoms. The maximum Gasteiger partial charge on any atom is 0.0692 e. The number of nitrogens with zero attached hydrogens (tertiary/aromatic N) is 3. The summed E-state index contributed by atoms with van der Waals surface area (Å²) in [5, 5.41) is 11.9. The first-order chi connectivity index (χ1) is 8.75. The molecule has 0 fully saturated rings. The Hall–Kier alpha value is -1.39. The van der Waals surface area contributed by atoms with Gasteiger partial charge in [-0.3, -0.25) is 4.68 Å². The molecule has 1 aromatic carbocycles. The Bertz CT molecular complexity index is 482. The first-order valence-corrected chi connectivity index (χ1v) is 6.43. The van der Waals surface area contributed by atoms with Gasteiger partial charge in [0.1, 0.15) is 0 Å². The third-order valence-electron chi connectivity index (χ3n) is 2.74. The zero-order chi connectivity index (χ0) is 12.8. The Morgan fingerprint density at radius 1 is 1.39 bits per heavy atom. The lowest BCUT2D eigenvalue weighted by Gasteiger charge is -2.07. The van der Waals surface area contributed by atoms with Gasteiger partial charge in [0.2, 0.25) is 0 Å². The van der Waals surface area contributed by atoms with Crippen molar-refractivity contribution in [2.75, 3.05) is 6.54 Å². The highest BCUT2D eigenvalue weighted by Gasteiger charge is 1.99. The van der Waals surface area contributed by atoms with Crippen LogP contribution < -0.4 is 5.32 Å². The van der Waals surface area contributed by atoms with Crippen LogP contribution in [0.1, 0.15) is 17.5 Å². The van der Waals surface area contributed by atoms with Crippen LogP contribution in [-0.2, 0) is 13.1 Å². The quantitative estimate of drug-likeness (QED) is 0.815. The van der Waals surface area contributed by atoms with Crippen LogP contribution in [0.4, 0.5) is 0 Å². The van der Waals surface area contributed by atoms with E-state index in [9.17, 15) is 0 Å². The third kappa shape index (κ3) is 3.82. The summed E-state index contributed by atoms with van der Waals surface area (Å²) >= 11 is 6.16. The lowest BCUT2D eigenvalue weighted by Crippen LogP contribution is -2.17. The summed E-state index contributed by atoms with van der Waals surface area (Å²) in [6.45, 7) is 4.66. The number of nitrogens with one attached hydrogen (secondary N) is 1. The van der Waals surface area contributed by atoms with Gasteiger partial charge in [-0.15, -0.1) is 5.10 Å². The van der Waals surface area contributed by atoms with Gasteiger partial charge in [0, 0.05) is 24.3 Å². The number of benzene rings is 1. The van der Waals surface area contributed by atoms with Crippen molar-refractivity contribution in [3.8, 4) is 0 Å². The van der Waals surface area contributed by atoms with Crippen LogP contribution in [0.15, 0.2) is 30.6 Å². The lowest BCUT2D eigenvalue weighted by molar-refractivity contribution is 0.530. The van der Waals surface area contributed by atoms with E-state index in [1.165, 1.54) is 5.56 Å². The Balaban J connectivity index is 1.69. The highest BCUT2D eigenvalue weighted by molar-refractivity contribution is 6.31. The average Bonchev–Trinajstić information content (AvgIpc) is 2.84. The smallest absolute Gasteiger partial charge is 0.0692 e. The molecule has 5 heteroatoms. The minimum atomic E-state index is 0.802. The molecule has 96 valence electrons. The highest BCUT2D eigenvalue weighted by atomic mass is 35.5. The minimum absolute atomic E-state index is 0.802. The topological polar surface area (TPSA) is 42.7 Å². The average molecular weight is 265 g/mol. The predicted molar refractivity (Wildman–Crippen MR) is 72.5 cm³/mol. The molecule has 0 radical (unpaired) electrons. The Labute approximate surface area is 112 Å². The van der Waals surface area contributed by atoms with Crippen LogP contribution in [0.3, 0.4) is 0 Å². The van der Waals surface area contributed by atoms with E-state index < -0.39 is 0 Å². The molecule has 0 saturated heterocycles. The van der Waals surface area contributed by atoms with Crippen molar-refractivity contribution >= 4 is 11.6 Å². The van der Waals surface area contributed by atoms with Crippen molar-refractivity contribution in [2.45, 2.75) is 26.4 Å². The van der Waals surface area contributed by atoms with Crippen molar-refractivity contribution < 1.29 is 0 Å². The standard InChI is InChI=1S/C13H17ClN4/c1-11-3-4-12(13(14)9-11)10-15-5-2-7-18-8-6-16-17-18/h3-4,6,8-9,15H,2,5,7,10H2,1H3. The molecule has 0 amide bonds. The summed E-state index contributed by atoms with van der Waals surface area (Å²) in [5.41, 5.74) is 2.33. The second-order valence-electron chi connectivity index (χ2n) is 4.29. The first kappa shape index (κ1) is 13.1. The molecule has 1 N–H and O–H groups in total. The van der Waals surface area contributed by atoms with Crippen molar-refractivity contribution in [3.05, 3.63) is 46.7 Å². The van der Waals surface area contributed by atoms with E-state index in [0.717, 1.165) is 36.6 Å². The molecule has 0 aliphatic heterocycles. The molecule has 2 aromatic rings. The number of hydrogen-bond donors (Lipinski definition) is 1. The fraction of sp³-hybridized carbons (Fsp3) is 0.385. The van der Waals surface area contributed by atoms with Crippen LogP contribution in [0, 0.1) is 6.92 Å². The molecule has 0 aliphatic carbocycles. The third-order valence-corrected chi connectivity index (χ3v) is 3.09. The van der Waals surface area contributed by atoms with Crippen LogP contribution >= 0.6 is 11.6 Å². The second-order valence-corrected chi connectivity index (χ2v) is 4.70. The number of rotatable bonds is 6. The summed E-state index contributed by atoms with van der Waals surface area (Å²) in [4.78, 5) is 0. The molecular weight excluding hydrogens is 248 g/mol. The van der Waals surface area contributed by atoms with Crippen LogP contribution in [0.2, 0.25) is 5.02 Å². The summed E-state index contributed by atoms with van der Waals surface area (Å²) in [5.74, 6) is 0. The molecule has 1 heterocycles. The predicted octanol–water partition coefficient (Wildman–Crippen LogP) is 2.42. The molecular formula is C13H17ClN4. The van der Waals surface area contributed by atoms with Crippen molar-refractivity contribution in [3.63, 3.8) is 0 Å². The van der Waals surface area contributed by atoms with Crippen molar-refractivity contribution in [1.82, 2.24) is 20.3 Å². The van der Waals surface area contributed by atoms with Gasteiger partial charge in [-0.25, -0.2) is 0 Å². The Morgan fingerprint density at radius 2 is 2.28 bits per heavy atom. The number of aryl methyl sites for hydroxylation is 2. The molecule has 0 spiro atoms. The fourth-order valence-corrected chi connectivity index (χ4v) is 2.04. The largest absolute Gasteiger partial charge is 0.313 e. The highest BCUT2D eigenvalue weighted by Crippen LogP contribution is 2.17. The summed E-state index contributed by atoms with van der Waals surface area (Å²) in [7, 11) is 0. The van der Waals surface area contributed by atoms with E-state index in [-0.39, 0.29) is 0 Å². The molecule has 0 atom stereocenters. The van der Waals surface area contributed by atoms with Crippen LogP contribution in [-0.4, -0.2) is 21.5 Å². The van der Waals surface area contributed by atoms with Gasteiger partial charge in [0.15, 0.2) is 0 Å². The van der Waals surface area contributed by atoms with Crippen molar-refractivity contribution in [2.24, 2.45) is 0 Å². The Kier molecular flexibility index (Phi) is 4.73. The summed E-state index contributed by atoms with van der Waals surface area (Å²) in [6, 6.07) is 6.15. The lowest BCUT2D eigenvalue weighted by atomic mass is 10.1. The summed E-state index contributed by atoms with van der Waals surface area (Å²) in [6.07, 6.45) is 4.59. The molecule has 4 nitrogen and oxygen atoms in total. The summed E-state index contributed by atoms with van der Waals surface area (Å²) < 4.78 is 1.83. The zero-order valence-corrected chi connectivity index (χ0v) is 11.2. The van der Waals surface area contributed by atoms with Gasteiger partial charge in [0.25, 0.3) is 0 Å². The van der Waals surface area contributed by atoms with Crippen molar-refractivity contribution in [1.29, 1.82) is 0 Å². The number of halogens is 1. The maximum atomic E-state index is 6.16. The zero-order valence-electron chi connectivity index (χ0n) is 10.4. The first-order valence-electron chi connectivity index (χ1n) is 6.05. The van der Waals surface area contributed by atoms with E-state index in [1.54, 1.807) is 6.20 Å². The normalized spacial score (nSPS) is 10.8. The molecule has 0 unspecified atom stereocenters. The van der Waals surface area contributed by atoms with Crippen LogP contribution in [0.5, 0.6) is 0 Å². The monoisotopic (exact) mass is 264 g/mol. The SMILES string of the molecule is Cc1ccc(CNCCCn2ccnn2)c(Cl)c1. The fourth-order valence-electron chi connectivity index (χ4n) is 1.74. The number of aromatic nitrogens is 3. The van der Waals surface area contributed by atoms with E-state index >= 15 is 0 Å². The van der Waals surface area contributed by atoms with E-state index in [4.69, 9.17) is 11.6 Å². The van der Waals surface area contributed by atoms with E-state index in [1.807, 2.05) is 23.9 Å². The molecule has 0 saturated carbocycles. The van der Waals surface area contributed by atoms with Gasteiger partial charge < -0.3 is 5.32 Å². The minimum Gasteiger partial charge on any atom is -0.313 e. The second kappa shape index (κ2) is 6.52. The maximum absolute atomic E-state index is 6.16. The van der Waals surface area contributed by atoms with Gasteiger partial charge >= 0.3 is 0 Å².